The molecule has 2 fully saturated rings. The molecule has 0 unspecified atom stereocenters. The molecule has 4 nitrogen and oxygen atoms in total. The molecule has 1 N–H and O–H groups in total. The van der Waals surface area contributed by atoms with Gasteiger partial charge in [0.25, 0.3) is 0 Å². The summed E-state index contributed by atoms with van der Waals surface area (Å²) in [7, 11) is 0. The Hall–Kier alpha value is -1.39. The van der Waals surface area contributed by atoms with Gasteiger partial charge in [-0.15, -0.1) is 0 Å². The maximum Gasteiger partial charge on any atom is 0.234 e. The highest BCUT2D eigenvalue weighted by atomic mass is 16.5. The van der Waals surface area contributed by atoms with Crippen molar-refractivity contribution in [3.05, 3.63) is 35.4 Å². The van der Waals surface area contributed by atoms with E-state index in [-0.39, 0.29) is 5.91 Å². The number of fused-ring (bicyclic) bond motifs is 2. The van der Waals surface area contributed by atoms with Crippen LogP contribution in [0, 0.1) is 5.92 Å². The van der Waals surface area contributed by atoms with Crippen LogP contribution in [0.4, 0.5) is 0 Å². The first-order chi connectivity index (χ1) is 10.3. The van der Waals surface area contributed by atoms with E-state index in [1.807, 2.05) is 0 Å². The van der Waals surface area contributed by atoms with Crippen molar-refractivity contribution in [3.63, 3.8) is 0 Å². The highest BCUT2D eigenvalue weighted by Crippen LogP contribution is 2.38. The number of amides is 1. The quantitative estimate of drug-likeness (QED) is 0.911. The molecular weight excluding hydrogens is 264 g/mol. The van der Waals surface area contributed by atoms with Crippen LogP contribution < -0.4 is 5.32 Å². The van der Waals surface area contributed by atoms with Crippen LogP contribution in [0.1, 0.15) is 24.0 Å². The average molecular weight is 286 g/mol. The van der Waals surface area contributed by atoms with Gasteiger partial charge in [0.2, 0.25) is 5.91 Å². The lowest BCUT2D eigenvalue weighted by molar-refractivity contribution is -0.125. The minimum absolute atomic E-state index is 0.171. The third kappa shape index (κ3) is 2.58. The lowest BCUT2D eigenvalue weighted by Crippen LogP contribution is -2.55. The summed E-state index contributed by atoms with van der Waals surface area (Å²) in [5, 5.41) is 3.20. The number of hydrogen-bond donors (Lipinski definition) is 1. The van der Waals surface area contributed by atoms with Gasteiger partial charge in [0.15, 0.2) is 0 Å². The van der Waals surface area contributed by atoms with E-state index in [1.54, 1.807) is 0 Å². The molecule has 2 aliphatic heterocycles. The van der Waals surface area contributed by atoms with Crippen LogP contribution in [-0.2, 0) is 22.5 Å². The maximum atomic E-state index is 12.2. The molecule has 0 radical (unpaired) electrons. The van der Waals surface area contributed by atoms with Gasteiger partial charge in [-0.1, -0.05) is 24.3 Å². The van der Waals surface area contributed by atoms with Gasteiger partial charge in [-0.05, 0) is 30.4 Å². The fourth-order valence-corrected chi connectivity index (χ4v) is 3.91. The monoisotopic (exact) mass is 286 g/mol. The zero-order valence-electron chi connectivity index (χ0n) is 12.3. The van der Waals surface area contributed by atoms with Crippen LogP contribution in [0.5, 0.6) is 0 Å². The van der Waals surface area contributed by atoms with E-state index in [0.29, 0.717) is 24.6 Å². The summed E-state index contributed by atoms with van der Waals surface area (Å²) >= 11 is 0. The van der Waals surface area contributed by atoms with Gasteiger partial charge in [0.1, 0.15) is 0 Å². The molecule has 0 aromatic heterocycles. The highest BCUT2D eigenvalue weighted by molar-refractivity contribution is 5.78. The minimum Gasteiger partial charge on any atom is -0.378 e. The third-order valence-corrected chi connectivity index (χ3v) is 5.19. The Morgan fingerprint density at radius 2 is 2.19 bits per heavy atom. The Balaban J connectivity index is 1.30. The molecule has 1 saturated carbocycles. The molecule has 1 aromatic rings. The number of nitrogens with one attached hydrogen (secondary N) is 1. The molecule has 112 valence electrons. The predicted molar refractivity (Wildman–Crippen MR) is 79.8 cm³/mol. The number of nitrogens with zero attached hydrogens (tertiary/aromatic N) is 1. The van der Waals surface area contributed by atoms with Gasteiger partial charge in [-0.3, -0.25) is 9.69 Å². The first kappa shape index (κ1) is 13.3. The van der Waals surface area contributed by atoms with E-state index in [9.17, 15) is 4.79 Å². The van der Waals surface area contributed by atoms with E-state index in [4.69, 9.17) is 4.74 Å². The predicted octanol–water partition coefficient (Wildman–Crippen LogP) is 1.34. The molecule has 3 aliphatic rings. The number of carbonyl (C=O) groups excluding carboxylic acids is 1. The van der Waals surface area contributed by atoms with Crippen LogP contribution in [0.3, 0.4) is 0 Å². The molecule has 1 saturated heterocycles. The summed E-state index contributed by atoms with van der Waals surface area (Å²) in [4.78, 5) is 14.5. The molecule has 21 heavy (non-hydrogen) atoms. The summed E-state index contributed by atoms with van der Waals surface area (Å²) in [6.07, 6.45) is 3.56. The van der Waals surface area contributed by atoms with Gasteiger partial charge >= 0.3 is 0 Å². The number of benzene rings is 1. The van der Waals surface area contributed by atoms with E-state index >= 15 is 0 Å². The Morgan fingerprint density at radius 3 is 3.05 bits per heavy atom. The molecule has 3 atom stereocenters. The fourth-order valence-electron chi connectivity index (χ4n) is 3.91. The molecule has 4 heteroatoms. The summed E-state index contributed by atoms with van der Waals surface area (Å²) in [5.41, 5.74) is 2.79. The van der Waals surface area contributed by atoms with Crippen LogP contribution in [-0.4, -0.2) is 42.6 Å². The fraction of sp³-hybridized carbons (Fsp3) is 0.588. The molecule has 0 spiro atoms. The highest BCUT2D eigenvalue weighted by Gasteiger charge is 2.45. The van der Waals surface area contributed by atoms with Gasteiger partial charge in [0.05, 0.1) is 12.6 Å². The Labute approximate surface area is 125 Å². The summed E-state index contributed by atoms with van der Waals surface area (Å²) in [6, 6.07) is 8.89. The van der Waals surface area contributed by atoms with E-state index in [0.717, 1.165) is 39.0 Å². The van der Waals surface area contributed by atoms with Crippen molar-refractivity contribution in [2.45, 2.75) is 38.0 Å². The zero-order valence-corrected chi connectivity index (χ0v) is 12.3. The molecule has 1 aromatic carbocycles. The van der Waals surface area contributed by atoms with Crippen LogP contribution >= 0.6 is 0 Å². The van der Waals surface area contributed by atoms with Crippen molar-refractivity contribution in [2.24, 2.45) is 5.92 Å². The van der Waals surface area contributed by atoms with Crippen molar-refractivity contribution < 1.29 is 9.53 Å². The first-order valence-corrected chi connectivity index (χ1v) is 8.00. The largest absolute Gasteiger partial charge is 0.378 e. The first-order valence-electron chi connectivity index (χ1n) is 8.00. The Kier molecular flexibility index (Phi) is 3.43. The minimum atomic E-state index is 0.171. The number of carbonyl (C=O) groups is 1. The normalized spacial score (nSPS) is 31.1. The third-order valence-electron chi connectivity index (χ3n) is 5.19. The van der Waals surface area contributed by atoms with Crippen molar-refractivity contribution in [2.75, 3.05) is 19.7 Å². The van der Waals surface area contributed by atoms with Crippen molar-refractivity contribution in [1.29, 1.82) is 0 Å². The van der Waals surface area contributed by atoms with Gasteiger partial charge in [-0.25, -0.2) is 0 Å². The zero-order chi connectivity index (χ0) is 14.2. The van der Waals surface area contributed by atoms with E-state index in [2.05, 4.69) is 34.5 Å². The maximum absolute atomic E-state index is 12.2. The lowest BCUT2D eigenvalue weighted by atomic mass is 9.76. The molecule has 1 aliphatic carbocycles. The number of ether oxygens (including phenoxy) is 1. The second-order valence-corrected chi connectivity index (χ2v) is 6.50. The summed E-state index contributed by atoms with van der Waals surface area (Å²) in [5.74, 6) is 0.737. The smallest absolute Gasteiger partial charge is 0.234 e. The molecule has 2 heterocycles. The topological polar surface area (TPSA) is 41.6 Å². The standard InChI is InChI=1S/C17H22N2O2/c20-17(18-15-9-16-14(15)6-8-21-16)11-19-7-5-12-3-1-2-4-13(12)10-19/h1-4,14-16H,5-11H2,(H,18,20)/t14-,15+,16+/m0/s1. The second kappa shape index (κ2) is 5.43. The van der Waals surface area contributed by atoms with E-state index < -0.39 is 0 Å². The number of rotatable bonds is 3. The lowest BCUT2D eigenvalue weighted by Gasteiger charge is -2.39. The van der Waals surface area contributed by atoms with Crippen molar-refractivity contribution in [3.8, 4) is 0 Å². The van der Waals surface area contributed by atoms with Gasteiger partial charge < -0.3 is 10.1 Å². The second-order valence-electron chi connectivity index (χ2n) is 6.50. The molecule has 4 rings (SSSR count). The van der Waals surface area contributed by atoms with Gasteiger partial charge in [0, 0.05) is 31.7 Å². The molecule has 1 amide bonds. The summed E-state index contributed by atoms with van der Waals surface area (Å²) in [6.45, 7) is 3.25. The van der Waals surface area contributed by atoms with Crippen LogP contribution in [0.2, 0.25) is 0 Å². The van der Waals surface area contributed by atoms with Crippen LogP contribution in [0.25, 0.3) is 0 Å². The van der Waals surface area contributed by atoms with Gasteiger partial charge in [-0.2, -0.15) is 0 Å². The Morgan fingerprint density at radius 1 is 1.33 bits per heavy atom. The van der Waals surface area contributed by atoms with Crippen molar-refractivity contribution >= 4 is 5.91 Å². The van der Waals surface area contributed by atoms with E-state index in [1.165, 1.54) is 11.1 Å². The average Bonchev–Trinajstić information content (AvgIpc) is 2.86. The Bertz CT molecular complexity index is 545. The number of hydrogen-bond acceptors (Lipinski definition) is 3. The SMILES string of the molecule is O=C(CN1CCc2ccccc2C1)N[C@@H]1C[C@H]2OCC[C@@H]12. The van der Waals surface area contributed by atoms with Crippen LogP contribution in [0.15, 0.2) is 24.3 Å². The van der Waals surface area contributed by atoms with Crippen molar-refractivity contribution in [1.82, 2.24) is 10.2 Å². The molecule has 0 bridgehead atoms. The summed E-state index contributed by atoms with van der Waals surface area (Å²) < 4.78 is 5.59. The molecular formula is C17H22N2O2.